The Kier molecular flexibility index (Phi) is 7.16. The number of hydrogen-bond donors (Lipinski definition) is 1. The van der Waals surface area contributed by atoms with Crippen molar-refractivity contribution < 1.29 is 9.47 Å². The Bertz CT molecular complexity index is 817. The third-order valence-electron chi connectivity index (χ3n) is 4.29. The highest BCUT2D eigenvalue weighted by Gasteiger charge is 2.04. The van der Waals surface area contributed by atoms with Gasteiger partial charge in [-0.25, -0.2) is 0 Å². The Morgan fingerprint density at radius 2 is 1.63 bits per heavy atom. The summed E-state index contributed by atoms with van der Waals surface area (Å²) >= 11 is 0. The van der Waals surface area contributed by atoms with E-state index in [1.165, 1.54) is 0 Å². The van der Waals surface area contributed by atoms with Crippen LogP contribution in [0.25, 0.3) is 0 Å². The van der Waals surface area contributed by atoms with Gasteiger partial charge in [-0.2, -0.15) is 0 Å². The normalized spacial score (nSPS) is 10.4. The summed E-state index contributed by atoms with van der Waals surface area (Å²) in [6.07, 6.45) is 2.21. The van der Waals surface area contributed by atoms with Crippen molar-refractivity contribution in [3.05, 3.63) is 90.0 Å². The highest BCUT2D eigenvalue weighted by molar-refractivity contribution is 5.49. The summed E-state index contributed by atoms with van der Waals surface area (Å²) in [6.45, 7) is 4.21. The first-order valence-corrected chi connectivity index (χ1v) is 9.56. The molecule has 3 aromatic carbocycles. The Morgan fingerprint density at radius 3 is 2.48 bits per heavy atom. The number of anilines is 1. The van der Waals surface area contributed by atoms with Crippen molar-refractivity contribution in [2.24, 2.45) is 0 Å². The molecule has 1 N–H and O–H groups in total. The number of para-hydroxylation sites is 1. The molecular formula is C24H27NO2. The zero-order valence-corrected chi connectivity index (χ0v) is 15.9. The summed E-state index contributed by atoms with van der Waals surface area (Å²) in [5.41, 5.74) is 3.35. The molecule has 0 unspecified atom stereocenters. The first-order valence-electron chi connectivity index (χ1n) is 9.56. The van der Waals surface area contributed by atoms with Crippen LogP contribution in [0.5, 0.6) is 11.5 Å². The van der Waals surface area contributed by atoms with E-state index >= 15 is 0 Å². The van der Waals surface area contributed by atoms with Crippen LogP contribution < -0.4 is 14.8 Å². The number of nitrogens with one attached hydrogen (secondary N) is 1. The van der Waals surface area contributed by atoms with Gasteiger partial charge in [0.2, 0.25) is 0 Å². The lowest BCUT2D eigenvalue weighted by Crippen LogP contribution is -2.04. The van der Waals surface area contributed by atoms with Gasteiger partial charge in [-0.1, -0.05) is 67.9 Å². The van der Waals surface area contributed by atoms with Crippen LogP contribution in [0.4, 0.5) is 5.69 Å². The molecule has 140 valence electrons. The summed E-state index contributed by atoms with van der Waals surface area (Å²) in [6, 6.07) is 26.5. The summed E-state index contributed by atoms with van der Waals surface area (Å²) in [4.78, 5) is 0. The number of unbranched alkanes of at least 4 members (excludes halogenated alkanes) is 1. The second-order valence-corrected chi connectivity index (χ2v) is 6.47. The molecule has 0 heterocycles. The van der Waals surface area contributed by atoms with Gasteiger partial charge in [0.1, 0.15) is 18.1 Å². The van der Waals surface area contributed by atoms with Gasteiger partial charge in [-0.05, 0) is 30.2 Å². The van der Waals surface area contributed by atoms with Crippen LogP contribution >= 0.6 is 0 Å². The molecule has 0 aliphatic carbocycles. The Hall–Kier alpha value is -2.94. The summed E-state index contributed by atoms with van der Waals surface area (Å²) in [5, 5.41) is 3.47. The van der Waals surface area contributed by atoms with Crippen LogP contribution in [0.1, 0.15) is 30.9 Å². The summed E-state index contributed by atoms with van der Waals surface area (Å²) in [5.74, 6) is 1.81. The van der Waals surface area contributed by atoms with Crippen LogP contribution in [0.15, 0.2) is 78.9 Å². The fourth-order valence-corrected chi connectivity index (χ4v) is 2.75. The fraction of sp³-hybridized carbons (Fsp3) is 0.250. The standard InChI is InChI=1S/C24H27NO2/c1-2-3-16-26-24-15-8-7-12-21(24)18-25-22-13-9-14-23(17-22)27-19-20-10-5-4-6-11-20/h4-15,17,25H,2-3,16,18-19H2,1H3. The molecule has 3 nitrogen and oxygen atoms in total. The fourth-order valence-electron chi connectivity index (χ4n) is 2.75. The lowest BCUT2D eigenvalue weighted by atomic mass is 10.2. The first kappa shape index (κ1) is 18.8. The van der Waals surface area contributed by atoms with E-state index in [0.717, 1.165) is 47.8 Å². The Balaban J connectivity index is 1.57. The zero-order chi connectivity index (χ0) is 18.7. The predicted molar refractivity (Wildman–Crippen MR) is 111 cm³/mol. The number of hydrogen-bond acceptors (Lipinski definition) is 3. The van der Waals surface area contributed by atoms with Gasteiger partial charge in [0.15, 0.2) is 0 Å². The van der Waals surface area contributed by atoms with E-state index in [9.17, 15) is 0 Å². The minimum absolute atomic E-state index is 0.568. The molecule has 0 saturated heterocycles. The smallest absolute Gasteiger partial charge is 0.124 e. The first-order chi connectivity index (χ1) is 13.3. The lowest BCUT2D eigenvalue weighted by molar-refractivity contribution is 0.306. The third-order valence-corrected chi connectivity index (χ3v) is 4.29. The van der Waals surface area contributed by atoms with Gasteiger partial charge in [-0.3, -0.25) is 0 Å². The van der Waals surface area contributed by atoms with Crippen LogP contribution in [0, 0.1) is 0 Å². The maximum Gasteiger partial charge on any atom is 0.124 e. The topological polar surface area (TPSA) is 30.5 Å². The van der Waals surface area contributed by atoms with Crippen molar-refractivity contribution in [2.45, 2.75) is 32.9 Å². The molecule has 0 amide bonds. The van der Waals surface area contributed by atoms with Crippen LogP contribution in [-0.2, 0) is 13.2 Å². The van der Waals surface area contributed by atoms with Gasteiger partial charge in [-0.15, -0.1) is 0 Å². The molecular weight excluding hydrogens is 334 g/mol. The van der Waals surface area contributed by atoms with E-state index in [-0.39, 0.29) is 0 Å². The maximum atomic E-state index is 5.91. The molecule has 0 radical (unpaired) electrons. The molecule has 27 heavy (non-hydrogen) atoms. The second-order valence-electron chi connectivity index (χ2n) is 6.47. The highest BCUT2D eigenvalue weighted by atomic mass is 16.5. The van der Waals surface area contributed by atoms with Gasteiger partial charge in [0.25, 0.3) is 0 Å². The average molecular weight is 361 g/mol. The van der Waals surface area contributed by atoms with Crippen molar-refractivity contribution >= 4 is 5.69 Å². The second kappa shape index (κ2) is 10.3. The molecule has 0 aromatic heterocycles. The largest absolute Gasteiger partial charge is 0.493 e. The molecule has 3 aromatic rings. The Labute approximate surface area is 162 Å². The zero-order valence-electron chi connectivity index (χ0n) is 15.9. The van der Waals surface area contributed by atoms with E-state index in [1.54, 1.807) is 0 Å². The number of rotatable bonds is 10. The van der Waals surface area contributed by atoms with E-state index in [1.807, 2.05) is 54.6 Å². The molecule has 0 aliphatic rings. The molecule has 0 spiro atoms. The SMILES string of the molecule is CCCCOc1ccccc1CNc1cccc(OCc2ccccc2)c1. The minimum atomic E-state index is 0.568. The molecule has 0 fully saturated rings. The quantitative estimate of drug-likeness (QED) is 0.445. The van der Waals surface area contributed by atoms with Crippen LogP contribution in [0.2, 0.25) is 0 Å². The predicted octanol–water partition coefficient (Wildman–Crippen LogP) is 6.06. The van der Waals surface area contributed by atoms with E-state index in [2.05, 4.69) is 36.5 Å². The molecule has 0 saturated carbocycles. The van der Waals surface area contributed by atoms with Crippen molar-refractivity contribution in [1.29, 1.82) is 0 Å². The highest BCUT2D eigenvalue weighted by Crippen LogP contribution is 2.22. The monoisotopic (exact) mass is 361 g/mol. The number of benzene rings is 3. The van der Waals surface area contributed by atoms with Crippen molar-refractivity contribution in [3.8, 4) is 11.5 Å². The summed E-state index contributed by atoms with van der Waals surface area (Å²) in [7, 11) is 0. The third kappa shape index (κ3) is 6.07. The molecule has 3 heteroatoms. The van der Waals surface area contributed by atoms with Gasteiger partial charge >= 0.3 is 0 Å². The molecule has 3 rings (SSSR count). The number of ether oxygens (including phenoxy) is 2. The summed E-state index contributed by atoms with van der Waals surface area (Å²) < 4.78 is 11.8. The van der Waals surface area contributed by atoms with Crippen molar-refractivity contribution in [3.63, 3.8) is 0 Å². The van der Waals surface area contributed by atoms with Gasteiger partial charge in [0.05, 0.1) is 6.61 Å². The van der Waals surface area contributed by atoms with E-state index < -0.39 is 0 Å². The molecule has 0 aliphatic heterocycles. The van der Waals surface area contributed by atoms with Crippen molar-refractivity contribution in [1.82, 2.24) is 0 Å². The Morgan fingerprint density at radius 1 is 0.815 bits per heavy atom. The van der Waals surface area contributed by atoms with Gasteiger partial charge in [0, 0.05) is 23.9 Å². The molecule has 0 bridgehead atoms. The van der Waals surface area contributed by atoms with E-state index in [0.29, 0.717) is 13.2 Å². The average Bonchev–Trinajstić information content (AvgIpc) is 2.73. The van der Waals surface area contributed by atoms with Crippen LogP contribution in [-0.4, -0.2) is 6.61 Å². The van der Waals surface area contributed by atoms with Gasteiger partial charge < -0.3 is 14.8 Å². The van der Waals surface area contributed by atoms with E-state index in [4.69, 9.17) is 9.47 Å². The van der Waals surface area contributed by atoms with Crippen molar-refractivity contribution in [2.75, 3.05) is 11.9 Å². The minimum Gasteiger partial charge on any atom is -0.493 e. The molecule has 0 atom stereocenters. The van der Waals surface area contributed by atoms with Crippen LogP contribution in [0.3, 0.4) is 0 Å². The maximum absolute atomic E-state index is 5.91. The lowest BCUT2D eigenvalue weighted by Gasteiger charge is -2.13.